The Morgan fingerprint density at radius 1 is 1.16 bits per heavy atom. The summed E-state index contributed by atoms with van der Waals surface area (Å²) in [6.07, 6.45) is -4.65. The number of halogens is 3. The summed E-state index contributed by atoms with van der Waals surface area (Å²) in [5.74, 6) is -2.37. The van der Waals surface area contributed by atoms with Gasteiger partial charge < -0.3 is 5.32 Å². The fourth-order valence-electron chi connectivity index (χ4n) is 2.55. The average Bonchev–Trinajstić information content (AvgIpc) is 3.11. The van der Waals surface area contributed by atoms with E-state index in [-0.39, 0.29) is 17.0 Å². The summed E-state index contributed by atoms with van der Waals surface area (Å²) in [7, 11) is -3.72. The van der Waals surface area contributed by atoms with Crippen LogP contribution in [0.4, 0.5) is 18.9 Å². The number of hydrogen-bond acceptors (Lipinski definition) is 3. The number of anilines is 1. The lowest BCUT2D eigenvalue weighted by molar-refractivity contribution is -0.159. The predicted octanol–water partition coefficient (Wildman–Crippen LogP) is 3.29. The molecular formula is C16H21F3N2O3S. The predicted molar refractivity (Wildman–Crippen MR) is 87.4 cm³/mol. The number of rotatable bonds is 4. The maximum atomic E-state index is 12.7. The molecule has 0 heterocycles. The van der Waals surface area contributed by atoms with E-state index < -0.39 is 39.0 Å². The SMILES string of the molecule is CC(C)(C)NS(=O)(=O)c1ccc(NC(=O)C2(C)CC2C(F)(F)F)cc1. The van der Waals surface area contributed by atoms with E-state index in [0.29, 0.717) is 0 Å². The molecule has 0 radical (unpaired) electrons. The van der Waals surface area contributed by atoms with E-state index in [1.807, 2.05) is 0 Å². The third-order valence-electron chi connectivity index (χ3n) is 4.01. The van der Waals surface area contributed by atoms with Gasteiger partial charge in [-0.15, -0.1) is 0 Å². The number of carbonyl (C=O) groups is 1. The van der Waals surface area contributed by atoms with Gasteiger partial charge in [-0.25, -0.2) is 13.1 Å². The highest BCUT2D eigenvalue weighted by Gasteiger charge is 2.67. The summed E-state index contributed by atoms with van der Waals surface area (Å²) < 4.78 is 65.0. The molecule has 2 N–H and O–H groups in total. The Morgan fingerprint density at radius 3 is 2.08 bits per heavy atom. The second-order valence-corrected chi connectivity index (χ2v) is 9.23. The van der Waals surface area contributed by atoms with Gasteiger partial charge in [0.25, 0.3) is 0 Å². The molecule has 1 aromatic carbocycles. The van der Waals surface area contributed by atoms with Crippen molar-refractivity contribution in [3.63, 3.8) is 0 Å². The van der Waals surface area contributed by atoms with Crippen molar-refractivity contribution < 1.29 is 26.4 Å². The van der Waals surface area contributed by atoms with Crippen molar-refractivity contribution in [1.29, 1.82) is 0 Å². The van der Waals surface area contributed by atoms with E-state index in [1.165, 1.54) is 31.2 Å². The largest absolute Gasteiger partial charge is 0.392 e. The van der Waals surface area contributed by atoms with Crippen LogP contribution < -0.4 is 10.0 Å². The molecule has 2 unspecified atom stereocenters. The molecule has 1 amide bonds. The van der Waals surface area contributed by atoms with Crippen LogP contribution in [0.15, 0.2) is 29.2 Å². The Kier molecular flexibility index (Phi) is 4.71. The first-order chi connectivity index (χ1) is 11.2. The van der Waals surface area contributed by atoms with Crippen LogP contribution in [0.3, 0.4) is 0 Å². The van der Waals surface area contributed by atoms with Crippen molar-refractivity contribution in [2.24, 2.45) is 11.3 Å². The van der Waals surface area contributed by atoms with Crippen LogP contribution in [0.1, 0.15) is 34.1 Å². The quantitative estimate of drug-likeness (QED) is 0.844. The molecule has 1 aromatic rings. The maximum Gasteiger partial charge on any atom is 0.392 e. The molecule has 1 aliphatic carbocycles. The van der Waals surface area contributed by atoms with Crippen molar-refractivity contribution in [2.45, 2.75) is 50.7 Å². The zero-order valence-corrected chi connectivity index (χ0v) is 15.2. The first-order valence-corrected chi connectivity index (χ1v) is 9.16. The van der Waals surface area contributed by atoms with Gasteiger partial charge in [-0.3, -0.25) is 4.79 Å². The number of alkyl halides is 3. The molecule has 0 saturated heterocycles. The van der Waals surface area contributed by atoms with E-state index in [0.717, 1.165) is 0 Å². The van der Waals surface area contributed by atoms with E-state index in [2.05, 4.69) is 10.0 Å². The van der Waals surface area contributed by atoms with E-state index in [1.54, 1.807) is 20.8 Å². The van der Waals surface area contributed by atoms with E-state index in [4.69, 9.17) is 0 Å². The highest BCUT2D eigenvalue weighted by molar-refractivity contribution is 7.89. The molecular weight excluding hydrogens is 357 g/mol. The Labute approximate surface area is 145 Å². The molecule has 1 saturated carbocycles. The number of nitrogens with one attached hydrogen (secondary N) is 2. The smallest absolute Gasteiger partial charge is 0.326 e. The summed E-state index contributed by atoms with van der Waals surface area (Å²) in [5.41, 5.74) is -1.89. The molecule has 1 aliphatic rings. The zero-order chi connectivity index (χ0) is 19.3. The Hall–Kier alpha value is -1.61. The standard InChI is InChI=1S/C16H21F3N2O3S/c1-14(2,3)21-25(23,24)11-7-5-10(6-8-11)20-13(22)15(4)9-12(15)16(17,18)19/h5-8,12,21H,9H2,1-4H3,(H,20,22). The van der Waals surface area contributed by atoms with Crippen LogP contribution in [-0.4, -0.2) is 26.0 Å². The molecule has 9 heteroatoms. The van der Waals surface area contributed by atoms with E-state index in [9.17, 15) is 26.4 Å². The number of hydrogen-bond donors (Lipinski definition) is 2. The molecule has 5 nitrogen and oxygen atoms in total. The fourth-order valence-corrected chi connectivity index (χ4v) is 3.96. The van der Waals surface area contributed by atoms with Gasteiger partial charge in [0.2, 0.25) is 15.9 Å². The van der Waals surface area contributed by atoms with Crippen LogP contribution >= 0.6 is 0 Å². The van der Waals surface area contributed by atoms with Crippen molar-refractivity contribution in [3.05, 3.63) is 24.3 Å². The maximum absolute atomic E-state index is 12.7. The van der Waals surface area contributed by atoms with Gasteiger partial charge in [-0.05, 0) is 51.5 Å². The first kappa shape index (κ1) is 19.7. The van der Waals surface area contributed by atoms with Crippen molar-refractivity contribution >= 4 is 21.6 Å². The normalized spacial score (nSPS) is 24.0. The third kappa shape index (κ3) is 4.52. The van der Waals surface area contributed by atoms with Crippen LogP contribution in [-0.2, 0) is 14.8 Å². The molecule has 0 spiro atoms. The van der Waals surface area contributed by atoms with Crippen molar-refractivity contribution in [3.8, 4) is 0 Å². The van der Waals surface area contributed by atoms with Gasteiger partial charge in [0.1, 0.15) is 0 Å². The van der Waals surface area contributed by atoms with Gasteiger partial charge in [0, 0.05) is 11.2 Å². The molecule has 2 rings (SSSR count). The highest BCUT2D eigenvalue weighted by atomic mass is 32.2. The second-order valence-electron chi connectivity index (χ2n) is 7.55. The highest BCUT2D eigenvalue weighted by Crippen LogP contribution is 2.60. The van der Waals surface area contributed by atoms with E-state index >= 15 is 0 Å². The van der Waals surface area contributed by atoms with Crippen LogP contribution in [0.2, 0.25) is 0 Å². The van der Waals surface area contributed by atoms with Crippen molar-refractivity contribution in [2.75, 3.05) is 5.32 Å². The van der Waals surface area contributed by atoms with Gasteiger partial charge in [-0.2, -0.15) is 13.2 Å². The van der Waals surface area contributed by atoms with Crippen LogP contribution in [0.25, 0.3) is 0 Å². The molecule has 25 heavy (non-hydrogen) atoms. The Bertz CT molecular complexity index is 767. The topological polar surface area (TPSA) is 75.3 Å². The van der Waals surface area contributed by atoms with Gasteiger partial charge in [0.15, 0.2) is 0 Å². The lowest BCUT2D eigenvalue weighted by atomic mass is 10.1. The third-order valence-corrected chi connectivity index (χ3v) is 5.79. The number of sulfonamides is 1. The number of benzene rings is 1. The monoisotopic (exact) mass is 378 g/mol. The number of carbonyl (C=O) groups excluding carboxylic acids is 1. The summed E-state index contributed by atoms with van der Waals surface area (Å²) >= 11 is 0. The summed E-state index contributed by atoms with van der Waals surface area (Å²) in [4.78, 5) is 12.1. The Balaban J connectivity index is 2.08. The minimum Gasteiger partial charge on any atom is -0.326 e. The molecule has 2 atom stereocenters. The lowest BCUT2D eigenvalue weighted by Crippen LogP contribution is -2.40. The zero-order valence-electron chi connectivity index (χ0n) is 14.4. The summed E-state index contributed by atoms with van der Waals surface area (Å²) in [6, 6.07) is 5.28. The van der Waals surface area contributed by atoms with Gasteiger partial charge >= 0.3 is 6.18 Å². The van der Waals surface area contributed by atoms with Crippen LogP contribution in [0, 0.1) is 11.3 Å². The lowest BCUT2D eigenvalue weighted by Gasteiger charge is -2.20. The number of amides is 1. The molecule has 1 fully saturated rings. The molecule has 0 bridgehead atoms. The molecule has 0 aromatic heterocycles. The van der Waals surface area contributed by atoms with Gasteiger partial charge in [0.05, 0.1) is 16.2 Å². The second kappa shape index (κ2) is 5.98. The van der Waals surface area contributed by atoms with Gasteiger partial charge in [-0.1, -0.05) is 6.92 Å². The summed E-state index contributed by atoms with van der Waals surface area (Å²) in [5, 5.41) is 2.42. The minimum absolute atomic E-state index is 0.00576. The molecule has 140 valence electrons. The van der Waals surface area contributed by atoms with Crippen LogP contribution in [0.5, 0.6) is 0 Å². The minimum atomic E-state index is -4.40. The Morgan fingerprint density at radius 2 is 1.68 bits per heavy atom. The van der Waals surface area contributed by atoms with Crippen molar-refractivity contribution in [1.82, 2.24) is 4.72 Å². The fraction of sp³-hybridized carbons (Fsp3) is 0.562. The summed E-state index contributed by atoms with van der Waals surface area (Å²) in [6.45, 7) is 6.37. The first-order valence-electron chi connectivity index (χ1n) is 7.67. The average molecular weight is 378 g/mol. The molecule has 0 aliphatic heterocycles.